The predicted octanol–water partition coefficient (Wildman–Crippen LogP) is 4.32. The van der Waals surface area contributed by atoms with Crippen LogP contribution in [-0.2, 0) is 9.53 Å². The Bertz CT molecular complexity index is 867. The average Bonchev–Trinajstić information content (AvgIpc) is 2.97. The van der Waals surface area contributed by atoms with Crippen LogP contribution in [0.15, 0.2) is 48.5 Å². The number of fused-ring (bicyclic) bond motifs is 3. The van der Waals surface area contributed by atoms with Crippen molar-refractivity contribution in [3.8, 4) is 11.1 Å². The van der Waals surface area contributed by atoms with E-state index < -0.39 is 30.2 Å². The zero-order valence-corrected chi connectivity index (χ0v) is 14.9. The molecule has 1 amide bonds. The number of hydrogen-bond acceptors (Lipinski definition) is 3. The van der Waals surface area contributed by atoms with Crippen LogP contribution in [0.2, 0.25) is 0 Å². The Labute approximate surface area is 159 Å². The normalized spacial score (nSPS) is 15.3. The fourth-order valence-corrected chi connectivity index (χ4v) is 3.49. The first kappa shape index (κ1) is 19.7. The second-order valence-corrected chi connectivity index (χ2v) is 6.51. The van der Waals surface area contributed by atoms with Gasteiger partial charge in [-0.15, -0.1) is 0 Å². The lowest BCUT2D eigenvalue weighted by molar-refractivity contribution is -0.209. The van der Waals surface area contributed by atoms with E-state index in [2.05, 4.69) is 0 Å². The molecule has 0 radical (unpaired) electrons. The molecule has 5 nitrogen and oxygen atoms in total. The highest BCUT2D eigenvalue weighted by Crippen LogP contribution is 2.44. The molecule has 0 fully saturated rings. The zero-order chi connectivity index (χ0) is 20.5. The van der Waals surface area contributed by atoms with E-state index in [0.717, 1.165) is 29.2 Å². The van der Waals surface area contributed by atoms with E-state index in [1.165, 1.54) is 5.32 Å². The van der Waals surface area contributed by atoms with Gasteiger partial charge in [0.1, 0.15) is 6.61 Å². The van der Waals surface area contributed by atoms with Gasteiger partial charge in [0.05, 0.1) is 0 Å². The number of aliphatic carboxylic acids is 1. The van der Waals surface area contributed by atoms with E-state index in [1.54, 1.807) is 0 Å². The number of alkyl carbamates (subject to hydrolysis) is 1. The van der Waals surface area contributed by atoms with Gasteiger partial charge in [0.25, 0.3) is 0 Å². The third-order valence-corrected chi connectivity index (χ3v) is 5.04. The molecule has 1 atom stereocenters. The van der Waals surface area contributed by atoms with Crippen LogP contribution >= 0.6 is 0 Å². The van der Waals surface area contributed by atoms with Crippen LogP contribution < -0.4 is 5.32 Å². The molecule has 1 aliphatic carbocycles. The summed E-state index contributed by atoms with van der Waals surface area (Å²) in [5.41, 5.74) is 0.335. The van der Waals surface area contributed by atoms with Crippen molar-refractivity contribution < 1.29 is 32.6 Å². The van der Waals surface area contributed by atoms with Gasteiger partial charge < -0.3 is 9.84 Å². The fraction of sp³-hybridized carbons (Fsp3) is 0.300. The number of amides is 1. The molecule has 0 aromatic heterocycles. The Kier molecular flexibility index (Phi) is 5.06. The van der Waals surface area contributed by atoms with Gasteiger partial charge in [-0.05, 0) is 28.7 Å². The zero-order valence-electron chi connectivity index (χ0n) is 14.9. The number of nitrogens with one attached hydrogen (secondary N) is 1. The lowest BCUT2D eigenvalue weighted by atomic mass is 9.95. The van der Waals surface area contributed by atoms with Crippen LogP contribution in [0.3, 0.4) is 0 Å². The number of alkyl halides is 3. The third-order valence-electron chi connectivity index (χ3n) is 5.04. The number of halogens is 3. The number of rotatable bonds is 5. The fourth-order valence-electron chi connectivity index (χ4n) is 3.49. The summed E-state index contributed by atoms with van der Waals surface area (Å²) in [6.07, 6.45) is -7.46. The summed E-state index contributed by atoms with van der Waals surface area (Å²) in [6.45, 7) is 0.822. The number of carboxylic acids is 1. The topological polar surface area (TPSA) is 75.6 Å². The number of carbonyl (C=O) groups excluding carboxylic acids is 1. The van der Waals surface area contributed by atoms with Gasteiger partial charge >= 0.3 is 18.2 Å². The molecule has 0 bridgehead atoms. The number of carbonyl (C=O) groups is 2. The highest BCUT2D eigenvalue weighted by Gasteiger charge is 2.61. The molecule has 1 aliphatic rings. The Morgan fingerprint density at radius 1 is 1.04 bits per heavy atom. The molecule has 0 saturated heterocycles. The summed E-state index contributed by atoms with van der Waals surface area (Å²) < 4.78 is 44.8. The number of benzene rings is 2. The summed E-state index contributed by atoms with van der Waals surface area (Å²) >= 11 is 0. The second kappa shape index (κ2) is 7.18. The monoisotopic (exact) mass is 393 g/mol. The second-order valence-electron chi connectivity index (χ2n) is 6.51. The average molecular weight is 393 g/mol. The molecule has 2 aromatic rings. The number of hydrogen-bond donors (Lipinski definition) is 2. The smallest absolute Gasteiger partial charge is 0.422 e. The lowest BCUT2D eigenvalue weighted by Gasteiger charge is -2.31. The minimum atomic E-state index is -5.17. The van der Waals surface area contributed by atoms with Crippen LogP contribution in [0.5, 0.6) is 0 Å². The maximum Gasteiger partial charge on any atom is 0.422 e. The molecule has 148 valence electrons. The predicted molar refractivity (Wildman–Crippen MR) is 94.9 cm³/mol. The first-order valence-electron chi connectivity index (χ1n) is 8.64. The minimum Gasteiger partial charge on any atom is -0.479 e. The van der Waals surface area contributed by atoms with Crippen molar-refractivity contribution in [3.63, 3.8) is 0 Å². The van der Waals surface area contributed by atoms with Crippen LogP contribution in [0.1, 0.15) is 30.4 Å². The Hall–Kier alpha value is -3.03. The summed E-state index contributed by atoms with van der Waals surface area (Å²) in [5.74, 6) is -2.53. The van der Waals surface area contributed by atoms with Gasteiger partial charge in [-0.3, -0.25) is 5.32 Å². The van der Waals surface area contributed by atoms with Crippen LogP contribution in [0.25, 0.3) is 11.1 Å². The molecular formula is C20H18F3NO4. The maximum absolute atomic E-state index is 13.3. The van der Waals surface area contributed by atoms with Gasteiger partial charge in [0, 0.05) is 5.92 Å². The molecule has 3 rings (SSSR count). The van der Waals surface area contributed by atoms with E-state index in [-0.39, 0.29) is 12.5 Å². The number of carboxylic acid groups (broad SMARTS) is 1. The third kappa shape index (κ3) is 3.19. The SMILES string of the molecule is CC[C@@](NC(=O)OCC1c2ccccc2-c2ccccc21)(C(=O)O)C(F)(F)F. The molecule has 8 heteroatoms. The van der Waals surface area contributed by atoms with E-state index in [0.29, 0.717) is 0 Å². The minimum absolute atomic E-state index is 0.211. The summed E-state index contributed by atoms with van der Waals surface area (Å²) in [6, 6.07) is 15.0. The highest BCUT2D eigenvalue weighted by molar-refractivity contribution is 5.85. The van der Waals surface area contributed by atoms with Gasteiger partial charge in [-0.2, -0.15) is 13.2 Å². The molecule has 28 heavy (non-hydrogen) atoms. The Morgan fingerprint density at radius 3 is 1.96 bits per heavy atom. The van der Waals surface area contributed by atoms with Crippen LogP contribution in [-0.4, -0.2) is 35.5 Å². The van der Waals surface area contributed by atoms with E-state index >= 15 is 0 Å². The molecule has 2 N–H and O–H groups in total. The van der Waals surface area contributed by atoms with E-state index in [1.807, 2.05) is 48.5 Å². The van der Waals surface area contributed by atoms with Gasteiger partial charge in [-0.1, -0.05) is 55.5 Å². The first-order valence-corrected chi connectivity index (χ1v) is 8.64. The molecule has 0 spiro atoms. The molecule has 0 aliphatic heterocycles. The first-order chi connectivity index (χ1) is 13.2. The van der Waals surface area contributed by atoms with Crippen molar-refractivity contribution in [2.45, 2.75) is 31.0 Å². The molecule has 2 aromatic carbocycles. The summed E-state index contributed by atoms with van der Waals surface area (Å²) in [5, 5.41) is 10.6. The van der Waals surface area contributed by atoms with Crippen molar-refractivity contribution in [2.75, 3.05) is 6.61 Å². The number of ether oxygens (including phenoxy) is 1. The molecular weight excluding hydrogens is 375 g/mol. The Morgan fingerprint density at radius 2 is 1.54 bits per heavy atom. The summed E-state index contributed by atoms with van der Waals surface area (Å²) in [4.78, 5) is 23.3. The summed E-state index contributed by atoms with van der Waals surface area (Å²) in [7, 11) is 0. The maximum atomic E-state index is 13.3. The Balaban J connectivity index is 1.79. The van der Waals surface area contributed by atoms with Crippen molar-refractivity contribution in [1.29, 1.82) is 0 Å². The standard InChI is InChI=1S/C20H18F3NO4/c1-2-19(17(25)26,20(21,22)23)24-18(27)28-11-16-14-9-5-3-7-12(14)13-8-4-6-10-15(13)16/h3-10,16H,2,11H2,1H3,(H,24,27)(H,25,26)/t19-/m1/s1. The van der Waals surface area contributed by atoms with E-state index in [4.69, 9.17) is 9.84 Å². The van der Waals surface area contributed by atoms with Crippen LogP contribution in [0.4, 0.5) is 18.0 Å². The molecule has 0 saturated carbocycles. The lowest BCUT2D eigenvalue weighted by Crippen LogP contribution is -2.63. The quantitative estimate of drug-likeness (QED) is 0.793. The highest BCUT2D eigenvalue weighted by atomic mass is 19.4. The van der Waals surface area contributed by atoms with Gasteiger partial charge in [0.2, 0.25) is 5.54 Å². The van der Waals surface area contributed by atoms with Crippen LogP contribution in [0, 0.1) is 0 Å². The molecule has 0 unspecified atom stereocenters. The molecule has 0 heterocycles. The van der Waals surface area contributed by atoms with Gasteiger partial charge in [0.15, 0.2) is 0 Å². The van der Waals surface area contributed by atoms with Crippen molar-refractivity contribution >= 4 is 12.1 Å². The van der Waals surface area contributed by atoms with Crippen molar-refractivity contribution in [3.05, 3.63) is 59.7 Å². The van der Waals surface area contributed by atoms with Crippen molar-refractivity contribution in [1.82, 2.24) is 5.32 Å². The van der Waals surface area contributed by atoms with Gasteiger partial charge in [-0.25, -0.2) is 9.59 Å². The largest absolute Gasteiger partial charge is 0.479 e. The van der Waals surface area contributed by atoms with E-state index in [9.17, 15) is 22.8 Å². The van der Waals surface area contributed by atoms with Crippen molar-refractivity contribution in [2.24, 2.45) is 0 Å².